The highest BCUT2D eigenvalue weighted by molar-refractivity contribution is 5.83. The first-order chi connectivity index (χ1) is 9.47. The number of rotatable bonds is 4. The molecule has 0 aromatic rings. The first kappa shape index (κ1) is 15.3. The summed E-state index contributed by atoms with van der Waals surface area (Å²) in [5.41, 5.74) is 5.46. The van der Waals surface area contributed by atoms with Gasteiger partial charge in [-0.25, -0.2) is 0 Å². The third-order valence-electron chi connectivity index (χ3n) is 5.22. The van der Waals surface area contributed by atoms with Gasteiger partial charge in [0.25, 0.3) is 0 Å². The molecule has 0 aromatic heterocycles. The van der Waals surface area contributed by atoms with Gasteiger partial charge < -0.3 is 16.2 Å². The summed E-state index contributed by atoms with van der Waals surface area (Å²) < 4.78 is 0. The van der Waals surface area contributed by atoms with Crippen LogP contribution >= 0.6 is 0 Å². The van der Waals surface area contributed by atoms with Gasteiger partial charge in [0.05, 0.1) is 11.3 Å². The molecule has 0 heterocycles. The number of carbonyl (C=O) groups is 2. The second kappa shape index (κ2) is 6.12. The zero-order valence-electron chi connectivity index (χ0n) is 12.2. The number of carboxylic acid groups (broad SMARTS) is 1. The van der Waals surface area contributed by atoms with E-state index in [0.717, 1.165) is 32.1 Å². The van der Waals surface area contributed by atoms with E-state index < -0.39 is 11.4 Å². The molecule has 20 heavy (non-hydrogen) atoms. The van der Waals surface area contributed by atoms with Crippen molar-refractivity contribution in [3.05, 3.63) is 0 Å². The van der Waals surface area contributed by atoms with E-state index in [-0.39, 0.29) is 17.9 Å². The second-order valence-electron chi connectivity index (χ2n) is 6.69. The van der Waals surface area contributed by atoms with Crippen LogP contribution in [-0.4, -0.2) is 29.6 Å². The van der Waals surface area contributed by atoms with Crippen LogP contribution in [0.1, 0.15) is 51.9 Å². The molecule has 5 heteroatoms. The molecule has 0 aromatic carbocycles. The third kappa shape index (κ3) is 3.14. The van der Waals surface area contributed by atoms with E-state index in [0.29, 0.717) is 25.3 Å². The molecule has 0 saturated heterocycles. The molecular formula is C15H26N2O3. The minimum Gasteiger partial charge on any atom is -0.481 e. The van der Waals surface area contributed by atoms with Gasteiger partial charge in [0, 0.05) is 12.6 Å². The molecule has 2 aliphatic rings. The molecule has 2 atom stereocenters. The minimum atomic E-state index is -0.748. The Morgan fingerprint density at radius 1 is 1.25 bits per heavy atom. The van der Waals surface area contributed by atoms with Crippen LogP contribution in [0.3, 0.4) is 0 Å². The van der Waals surface area contributed by atoms with Crippen LogP contribution < -0.4 is 11.1 Å². The lowest BCUT2D eigenvalue weighted by atomic mass is 9.70. The van der Waals surface area contributed by atoms with Crippen LogP contribution in [0.4, 0.5) is 0 Å². The number of carboxylic acids is 1. The van der Waals surface area contributed by atoms with Crippen LogP contribution in [0.2, 0.25) is 0 Å². The monoisotopic (exact) mass is 282 g/mol. The van der Waals surface area contributed by atoms with Gasteiger partial charge in [-0.15, -0.1) is 0 Å². The number of carbonyl (C=O) groups excluding carboxylic acids is 1. The lowest BCUT2D eigenvalue weighted by Gasteiger charge is -2.37. The fourth-order valence-electron chi connectivity index (χ4n) is 3.51. The predicted molar refractivity (Wildman–Crippen MR) is 76.0 cm³/mol. The van der Waals surface area contributed by atoms with Gasteiger partial charge in [0.15, 0.2) is 0 Å². The average molecular weight is 282 g/mol. The predicted octanol–water partition coefficient (Wildman–Crippen LogP) is 1.51. The Kier molecular flexibility index (Phi) is 4.68. The number of amides is 1. The highest BCUT2D eigenvalue weighted by atomic mass is 16.4. The lowest BCUT2D eigenvalue weighted by Crippen LogP contribution is -2.50. The first-order valence-electron chi connectivity index (χ1n) is 7.70. The van der Waals surface area contributed by atoms with Gasteiger partial charge >= 0.3 is 5.97 Å². The van der Waals surface area contributed by atoms with E-state index in [9.17, 15) is 9.59 Å². The fourth-order valence-corrected chi connectivity index (χ4v) is 3.51. The van der Waals surface area contributed by atoms with E-state index in [1.165, 1.54) is 0 Å². The van der Waals surface area contributed by atoms with Crippen LogP contribution in [0.25, 0.3) is 0 Å². The zero-order chi connectivity index (χ0) is 14.8. The summed E-state index contributed by atoms with van der Waals surface area (Å²) in [4.78, 5) is 23.5. The van der Waals surface area contributed by atoms with Crippen molar-refractivity contribution in [2.75, 3.05) is 6.54 Å². The largest absolute Gasteiger partial charge is 0.481 e. The van der Waals surface area contributed by atoms with Gasteiger partial charge in [-0.1, -0.05) is 6.92 Å². The van der Waals surface area contributed by atoms with Crippen molar-refractivity contribution < 1.29 is 14.7 Å². The molecule has 0 aliphatic heterocycles. The standard InChI is InChI=1S/C15H26N2O3/c1-10-4-6-15(9-16,7-5-10)14(20)17-12-3-2-11(8-12)13(18)19/h10-12H,2-9,16H2,1H3,(H,17,20)(H,18,19)/t10?,11-,12+,15?/m1/s1. The third-order valence-corrected chi connectivity index (χ3v) is 5.22. The van der Waals surface area contributed by atoms with E-state index in [2.05, 4.69) is 12.2 Å². The van der Waals surface area contributed by atoms with Gasteiger partial charge in [0.2, 0.25) is 5.91 Å². The lowest BCUT2D eigenvalue weighted by molar-refractivity contribution is -0.141. The molecule has 0 radical (unpaired) electrons. The summed E-state index contributed by atoms with van der Waals surface area (Å²) in [6, 6.07) is 0.00590. The molecule has 1 amide bonds. The Morgan fingerprint density at radius 3 is 2.40 bits per heavy atom. The first-order valence-corrected chi connectivity index (χ1v) is 7.70. The van der Waals surface area contributed by atoms with Gasteiger partial charge in [-0.3, -0.25) is 9.59 Å². The highest BCUT2D eigenvalue weighted by Crippen LogP contribution is 2.39. The van der Waals surface area contributed by atoms with Crippen molar-refractivity contribution in [1.82, 2.24) is 5.32 Å². The SMILES string of the molecule is CC1CCC(CN)(C(=O)N[C@H]2CC[C@@H](C(=O)O)C2)CC1. The molecule has 0 unspecified atom stereocenters. The highest BCUT2D eigenvalue weighted by Gasteiger charge is 2.41. The van der Waals surface area contributed by atoms with Crippen LogP contribution in [-0.2, 0) is 9.59 Å². The van der Waals surface area contributed by atoms with Crippen LogP contribution in [0, 0.1) is 17.3 Å². The van der Waals surface area contributed by atoms with Gasteiger partial charge in [-0.2, -0.15) is 0 Å². The van der Waals surface area contributed by atoms with E-state index in [1.54, 1.807) is 0 Å². The van der Waals surface area contributed by atoms with Gasteiger partial charge in [-0.05, 0) is 50.9 Å². The number of nitrogens with two attached hydrogens (primary N) is 1. The van der Waals surface area contributed by atoms with E-state index in [4.69, 9.17) is 10.8 Å². The smallest absolute Gasteiger partial charge is 0.306 e. The average Bonchev–Trinajstić information content (AvgIpc) is 2.88. The summed E-state index contributed by atoms with van der Waals surface area (Å²) in [7, 11) is 0. The Labute approximate surface area is 120 Å². The molecule has 4 N–H and O–H groups in total. The van der Waals surface area contributed by atoms with E-state index in [1.807, 2.05) is 0 Å². The Balaban J connectivity index is 1.92. The second-order valence-corrected chi connectivity index (χ2v) is 6.69. The Morgan fingerprint density at radius 2 is 1.90 bits per heavy atom. The molecule has 0 spiro atoms. The number of hydrogen-bond donors (Lipinski definition) is 3. The van der Waals surface area contributed by atoms with Crippen molar-refractivity contribution in [3.8, 4) is 0 Å². The molecule has 2 fully saturated rings. The molecule has 2 aliphatic carbocycles. The molecule has 114 valence electrons. The maximum Gasteiger partial charge on any atom is 0.306 e. The van der Waals surface area contributed by atoms with Gasteiger partial charge in [0.1, 0.15) is 0 Å². The summed E-state index contributed by atoms with van der Waals surface area (Å²) in [6.07, 6.45) is 5.78. The number of hydrogen-bond acceptors (Lipinski definition) is 3. The van der Waals surface area contributed by atoms with Crippen molar-refractivity contribution in [1.29, 1.82) is 0 Å². The maximum absolute atomic E-state index is 12.6. The quantitative estimate of drug-likeness (QED) is 0.728. The topological polar surface area (TPSA) is 92.4 Å². The molecule has 5 nitrogen and oxygen atoms in total. The normalized spacial score (nSPS) is 37.6. The number of nitrogens with one attached hydrogen (secondary N) is 1. The summed E-state index contributed by atoms with van der Waals surface area (Å²) in [5, 5.41) is 12.1. The van der Waals surface area contributed by atoms with Crippen molar-refractivity contribution in [3.63, 3.8) is 0 Å². The van der Waals surface area contributed by atoms with Crippen LogP contribution in [0.15, 0.2) is 0 Å². The summed E-state index contributed by atoms with van der Waals surface area (Å²) in [6.45, 7) is 2.60. The molecule has 2 saturated carbocycles. The van der Waals surface area contributed by atoms with Crippen LogP contribution in [0.5, 0.6) is 0 Å². The molecule has 0 bridgehead atoms. The molecule has 2 rings (SSSR count). The fraction of sp³-hybridized carbons (Fsp3) is 0.867. The van der Waals surface area contributed by atoms with Crippen molar-refractivity contribution in [2.24, 2.45) is 23.0 Å². The summed E-state index contributed by atoms with van der Waals surface area (Å²) >= 11 is 0. The summed E-state index contributed by atoms with van der Waals surface area (Å²) in [5.74, 6) is -0.337. The van der Waals surface area contributed by atoms with Crippen molar-refractivity contribution in [2.45, 2.75) is 57.9 Å². The molecular weight excluding hydrogens is 256 g/mol. The van der Waals surface area contributed by atoms with Crippen molar-refractivity contribution >= 4 is 11.9 Å². The Hall–Kier alpha value is -1.10. The maximum atomic E-state index is 12.6. The minimum absolute atomic E-state index is 0.00590. The Bertz CT molecular complexity index is 375. The zero-order valence-corrected chi connectivity index (χ0v) is 12.2. The number of aliphatic carboxylic acids is 1. The van der Waals surface area contributed by atoms with E-state index >= 15 is 0 Å².